The third-order valence-electron chi connectivity index (χ3n) is 3.11. The number of ether oxygens (including phenoxy) is 2. The quantitative estimate of drug-likeness (QED) is 0.757. The lowest BCUT2D eigenvalue weighted by Gasteiger charge is -2.25. The first-order valence-electron chi connectivity index (χ1n) is 5.58. The van der Waals surface area contributed by atoms with E-state index in [0.29, 0.717) is 0 Å². The molecule has 0 heterocycles. The molecule has 1 rings (SSSR count). The molecule has 3 heteroatoms. The fourth-order valence-corrected chi connectivity index (χ4v) is 2.05. The van der Waals surface area contributed by atoms with Crippen LogP contribution in [-0.2, 0) is 14.9 Å². The second-order valence-electron chi connectivity index (χ2n) is 4.75. The number of aryl methyl sites for hydroxylation is 2. The zero-order valence-corrected chi connectivity index (χ0v) is 11.4. The topological polar surface area (TPSA) is 35.5 Å². The van der Waals surface area contributed by atoms with E-state index in [0.717, 1.165) is 22.4 Å². The first-order chi connectivity index (χ1) is 7.84. The summed E-state index contributed by atoms with van der Waals surface area (Å²) in [5, 5.41) is 0. The number of benzene rings is 1. The number of hydrogen-bond acceptors (Lipinski definition) is 3. The summed E-state index contributed by atoms with van der Waals surface area (Å²) in [5.74, 6) is 0.608. The van der Waals surface area contributed by atoms with Crippen LogP contribution in [0.1, 0.15) is 30.5 Å². The highest BCUT2D eigenvalue weighted by Crippen LogP contribution is 2.32. The van der Waals surface area contributed by atoms with E-state index in [4.69, 9.17) is 9.47 Å². The predicted octanol–water partition coefficient (Wildman–Crippen LogP) is 2.76. The second-order valence-corrected chi connectivity index (χ2v) is 4.75. The van der Waals surface area contributed by atoms with Crippen LogP contribution in [0.2, 0.25) is 0 Å². The normalized spacial score (nSPS) is 11.2. The highest BCUT2D eigenvalue weighted by Gasteiger charge is 2.32. The van der Waals surface area contributed by atoms with Crippen molar-refractivity contribution in [2.45, 2.75) is 33.1 Å². The van der Waals surface area contributed by atoms with E-state index in [1.54, 1.807) is 7.11 Å². The molecule has 0 N–H and O–H groups in total. The van der Waals surface area contributed by atoms with Crippen LogP contribution in [0.3, 0.4) is 0 Å². The van der Waals surface area contributed by atoms with E-state index in [2.05, 4.69) is 0 Å². The summed E-state index contributed by atoms with van der Waals surface area (Å²) < 4.78 is 10.1. The lowest BCUT2D eigenvalue weighted by atomic mass is 9.81. The van der Waals surface area contributed by atoms with Crippen LogP contribution in [0.5, 0.6) is 5.75 Å². The number of carbonyl (C=O) groups excluding carboxylic acids is 1. The summed E-state index contributed by atoms with van der Waals surface area (Å²) in [6.07, 6.45) is 0. The molecule has 1 aromatic rings. The Labute approximate surface area is 103 Å². The van der Waals surface area contributed by atoms with Gasteiger partial charge in [0.1, 0.15) is 5.75 Å². The molecule has 17 heavy (non-hydrogen) atoms. The van der Waals surface area contributed by atoms with Gasteiger partial charge in [0.2, 0.25) is 0 Å². The SMILES string of the molecule is COC(=O)C(C)(C)c1cc(C)c(OC)cc1C. The van der Waals surface area contributed by atoms with Crippen LogP contribution < -0.4 is 4.74 Å². The van der Waals surface area contributed by atoms with Gasteiger partial charge in [-0.2, -0.15) is 0 Å². The molecule has 0 radical (unpaired) electrons. The molecule has 0 aliphatic carbocycles. The molecule has 0 unspecified atom stereocenters. The summed E-state index contributed by atoms with van der Waals surface area (Å²) in [7, 11) is 3.06. The number of carbonyl (C=O) groups is 1. The van der Waals surface area contributed by atoms with E-state index in [1.165, 1.54) is 7.11 Å². The van der Waals surface area contributed by atoms with Gasteiger partial charge >= 0.3 is 5.97 Å². The van der Waals surface area contributed by atoms with E-state index < -0.39 is 5.41 Å². The predicted molar refractivity (Wildman–Crippen MR) is 67.5 cm³/mol. The minimum Gasteiger partial charge on any atom is -0.496 e. The van der Waals surface area contributed by atoms with Crippen LogP contribution in [-0.4, -0.2) is 20.2 Å². The molecule has 1 aromatic carbocycles. The van der Waals surface area contributed by atoms with Crippen molar-refractivity contribution < 1.29 is 14.3 Å². The maximum atomic E-state index is 11.8. The van der Waals surface area contributed by atoms with Crippen LogP contribution in [0.4, 0.5) is 0 Å². The van der Waals surface area contributed by atoms with Gasteiger partial charge in [-0.1, -0.05) is 6.07 Å². The Morgan fingerprint density at radius 2 is 1.71 bits per heavy atom. The molecule has 3 nitrogen and oxygen atoms in total. The van der Waals surface area contributed by atoms with Crippen molar-refractivity contribution in [2.24, 2.45) is 0 Å². The fourth-order valence-electron chi connectivity index (χ4n) is 2.05. The average molecular weight is 236 g/mol. The van der Waals surface area contributed by atoms with Crippen molar-refractivity contribution in [3.05, 3.63) is 28.8 Å². The zero-order valence-electron chi connectivity index (χ0n) is 11.4. The van der Waals surface area contributed by atoms with E-state index in [-0.39, 0.29) is 5.97 Å². The minimum absolute atomic E-state index is 0.231. The molecule has 0 spiro atoms. The standard InChI is InChI=1S/C14H20O3/c1-9-8-12(16-5)10(2)7-11(9)14(3,4)13(15)17-6/h7-8H,1-6H3. The van der Waals surface area contributed by atoms with Crippen molar-refractivity contribution in [1.29, 1.82) is 0 Å². The number of rotatable bonds is 3. The van der Waals surface area contributed by atoms with Crippen LogP contribution in [0.25, 0.3) is 0 Å². The molecule has 0 aliphatic heterocycles. The van der Waals surface area contributed by atoms with Gasteiger partial charge in [-0.25, -0.2) is 0 Å². The Balaban J connectivity index is 3.32. The Hall–Kier alpha value is -1.51. The summed E-state index contributed by atoms with van der Waals surface area (Å²) >= 11 is 0. The Kier molecular flexibility index (Phi) is 3.81. The first-order valence-corrected chi connectivity index (χ1v) is 5.58. The molecule has 94 valence electrons. The van der Waals surface area contributed by atoms with Gasteiger partial charge in [0, 0.05) is 0 Å². The van der Waals surface area contributed by atoms with Crippen molar-refractivity contribution in [2.75, 3.05) is 14.2 Å². The summed E-state index contributed by atoms with van der Waals surface area (Å²) in [6.45, 7) is 7.68. The van der Waals surface area contributed by atoms with Crippen molar-refractivity contribution in [1.82, 2.24) is 0 Å². The Morgan fingerprint density at radius 1 is 1.12 bits per heavy atom. The smallest absolute Gasteiger partial charge is 0.315 e. The second kappa shape index (κ2) is 4.78. The maximum Gasteiger partial charge on any atom is 0.315 e. The highest BCUT2D eigenvalue weighted by molar-refractivity contribution is 5.82. The van der Waals surface area contributed by atoms with E-state index in [1.807, 2.05) is 39.8 Å². The van der Waals surface area contributed by atoms with Gasteiger partial charge in [-0.05, 0) is 50.5 Å². The lowest BCUT2D eigenvalue weighted by Crippen LogP contribution is -2.31. The highest BCUT2D eigenvalue weighted by atomic mass is 16.5. The average Bonchev–Trinajstić information content (AvgIpc) is 2.30. The maximum absolute atomic E-state index is 11.8. The molecule has 0 saturated carbocycles. The number of methoxy groups -OCH3 is 2. The lowest BCUT2D eigenvalue weighted by molar-refractivity contribution is -0.146. The van der Waals surface area contributed by atoms with Crippen molar-refractivity contribution >= 4 is 5.97 Å². The van der Waals surface area contributed by atoms with Gasteiger partial charge in [0.15, 0.2) is 0 Å². The molecule has 0 fully saturated rings. The third-order valence-corrected chi connectivity index (χ3v) is 3.11. The van der Waals surface area contributed by atoms with Gasteiger partial charge in [-0.15, -0.1) is 0 Å². The fraction of sp³-hybridized carbons (Fsp3) is 0.500. The van der Waals surface area contributed by atoms with Crippen LogP contribution in [0, 0.1) is 13.8 Å². The molecule has 0 aromatic heterocycles. The molecule has 0 saturated heterocycles. The number of esters is 1. The summed E-state index contributed by atoms with van der Waals surface area (Å²) in [4.78, 5) is 11.8. The van der Waals surface area contributed by atoms with Gasteiger partial charge < -0.3 is 9.47 Å². The monoisotopic (exact) mass is 236 g/mol. The Morgan fingerprint density at radius 3 is 2.18 bits per heavy atom. The number of hydrogen-bond donors (Lipinski definition) is 0. The third kappa shape index (κ3) is 2.43. The largest absolute Gasteiger partial charge is 0.496 e. The minimum atomic E-state index is -0.643. The van der Waals surface area contributed by atoms with Gasteiger partial charge in [0.05, 0.1) is 19.6 Å². The molecular weight excluding hydrogens is 216 g/mol. The summed E-state index contributed by atoms with van der Waals surface area (Å²) in [6, 6.07) is 3.94. The van der Waals surface area contributed by atoms with E-state index >= 15 is 0 Å². The van der Waals surface area contributed by atoms with Crippen LogP contribution in [0.15, 0.2) is 12.1 Å². The van der Waals surface area contributed by atoms with Crippen LogP contribution >= 0.6 is 0 Å². The Bertz CT molecular complexity index is 433. The van der Waals surface area contributed by atoms with Gasteiger partial charge in [-0.3, -0.25) is 4.79 Å². The molecular formula is C14H20O3. The molecule has 0 bridgehead atoms. The zero-order chi connectivity index (χ0) is 13.2. The molecule has 0 amide bonds. The summed E-state index contributed by atoms with van der Waals surface area (Å²) in [5.41, 5.74) is 2.38. The van der Waals surface area contributed by atoms with E-state index in [9.17, 15) is 4.79 Å². The van der Waals surface area contributed by atoms with Crippen molar-refractivity contribution in [3.8, 4) is 5.75 Å². The molecule has 0 aliphatic rings. The van der Waals surface area contributed by atoms with Crippen molar-refractivity contribution in [3.63, 3.8) is 0 Å². The van der Waals surface area contributed by atoms with Gasteiger partial charge in [0.25, 0.3) is 0 Å². The molecule has 0 atom stereocenters. The first kappa shape index (κ1) is 13.6.